The van der Waals surface area contributed by atoms with Crippen molar-refractivity contribution in [3.8, 4) is 17.2 Å². The van der Waals surface area contributed by atoms with Gasteiger partial charge in [-0.3, -0.25) is 14.5 Å². The van der Waals surface area contributed by atoms with Gasteiger partial charge in [-0.15, -0.1) is 0 Å². The van der Waals surface area contributed by atoms with E-state index in [2.05, 4.69) is 0 Å². The number of aliphatic hydroxyl groups is 1. The second-order valence-electron chi connectivity index (χ2n) is 9.41. The van der Waals surface area contributed by atoms with Crippen LogP contribution >= 0.6 is 11.3 Å². The molecule has 1 unspecified atom stereocenters. The predicted molar refractivity (Wildman–Crippen MR) is 151 cm³/mol. The Balaban J connectivity index is 1.81. The van der Waals surface area contributed by atoms with Gasteiger partial charge in [-0.2, -0.15) is 0 Å². The molecule has 2 heterocycles. The van der Waals surface area contributed by atoms with E-state index in [0.717, 1.165) is 21.4 Å². The fourth-order valence-corrected chi connectivity index (χ4v) is 5.95. The lowest BCUT2D eigenvalue weighted by Gasteiger charge is -2.24. The Morgan fingerprint density at radius 1 is 0.897 bits per heavy atom. The summed E-state index contributed by atoms with van der Waals surface area (Å²) in [5, 5.41) is 12.0. The molecule has 1 aliphatic rings. The van der Waals surface area contributed by atoms with Gasteiger partial charge < -0.3 is 19.3 Å². The standard InChI is InChI=1S/C30H28N2O6S/c1-15-7-9-17(3)19(11-15)26(33)24-25(18-13-21(36-4)28(38-6)22(14-18)37-5)32(29(35)27(24)34)30-31-20-10-8-16(2)12-23(20)39-30/h7-14,25,33H,1-6H3/b26-24+. The van der Waals surface area contributed by atoms with Gasteiger partial charge in [0.25, 0.3) is 5.78 Å². The number of carbonyl (C=O) groups excluding carboxylic acids is 2. The molecule has 1 aromatic heterocycles. The normalized spacial score (nSPS) is 16.7. The summed E-state index contributed by atoms with van der Waals surface area (Å²) in [4.78, 5) is 33.4. The molecule has 8 nitrogen and oxygen atoms in total. The van der Waals surface area contributed by atoms with E-state index in [1.54, 1.807) is 18.2 Å². The summed E-state index contributed by atoms with van der Waals surface area (Å²) in [5.74, 6) is -0.773. The number of benzene rings is 3. The SMILES string of the molecule is COc1cc(C2/C(=C(\O)c3cc(C)ccc3C)C(=O)C(=O)N2c2nc3ccc(C)cc3s2)cc(OC)c1OC. The van der Waals surface area contributed by atoms with Crippen molar-refractivity contribution in [3.05, 3.63) is 81.9 Å². The molecule has 39 heavy (non-hydrogen) atoms. The van der Waals surface area contributed by atoms with Crippen molar-refractivity contribution in [3.63, 3.8) is 0 Å². The Labute approximate surface area is 230 Å². The van der Waals surface area contributed by atoms with E-state index in [4.69, 9.17) is 19.2 Å². The molecule has 0 saturated carbocycles. The molecule has 9 heteroatoms. The molecule has 1 amide bonds. The largest absolute Gasteiger partial charge is 0.507 e. The van der Waals surface area contributed by atoms with Crippen LogP contribution in [0.1, 0.15) is 33.9 Å². The Morgan fingerprint density at radius 3 is 2.18 bits per heavy atom. The fraction of sp³-hybridized carbons (Fsp3) is 0.233. The van der Waals surface area contributed by atoms with Crippen LogP contribution in [0.3, 0.4) is 0 Å². The van der Waals surface area contributed by atoms with Crippen LogP contribution in [0, 0.1) is 20.8 Å². The first-order valence-electron chi connectivity index (χ1n) is 12.2. The quantitative estimate of drug-likeness (QED) is 0.184. The third-order valence-electron chi connectivity index (χ3n) is 6.83. The zero-order chi connectivity index (χ0) is 28.0. The lowest BCUT2D eigenvalue weighted by Crippen LogP contribution is -2.29. The van der Waals surface area contributed by atoms with E-state index in [-0.39, 0.29) is 11.3 Å². The molecule has 1 saturated heterocycles. The monoisotopic (exact) mass is 544 g/mol. The molecule has 1 atom stereocenters. The summed E-state index contributed by atoms with van der Waals surface area (Å²) in [5.41, 5.74) is 4.36. The maximum absolute atomic E-state index is 13.7. The number of rotatable bonds is 6. The second-order valence-corrected chi connectivity index (χ2v) is 10.4. The average Bonchev–Trinajstić information content (AvgIpc) is 3.46. The van der Waals surface area contributed by atoms with Crippen molar-refractivity contribution in [1.82, 2.24) is 4.98 Å². The van der Waals surface area contributed by atoms with Gasteiger partial charge in [0.2, 0.25) is 5.75 Å². The summed E-state index contributed by atoms with van der Waals surface area (Å²) < 4.78 is 17.5. The van der Waals surface area contributed by atoms with Crippen molar-refractivity contribution in [2.75, 3.05) is 26.2 Å². The van der Waals surface area contributed by atoms with Gasteiger partial charge >= 0.3 is 5.91 Å². The van der Waals surface area contributed by atoms with E-state index in [0.29, 0.717) is 39.0 Å². The van der Waals surface area contributed by atoms with Crippen molar-refractivity contribution >= 4 is 44.1 Å². The highest BCUT2D eigenvalue weighted by atomic mass is 32.1. The van der Waals surface area contributed by atoms with Gasteiger partial charge in [0, 0.05) is 5.56 Å². The number of aromatic nitrogens is 1. The number of anilines is 1. The van der Waals surface area contributed by atoms with Gasteiger partial charge in [-0.1, -0.05) is 35.1 Å². The van der Waals surface area contributed by atoms with E-state index >= 15 is 0 Å². The molecule has 200 valence electrons. The van der Waals surface area contributed by atoms with Crippen molar-refractivity contribution < 1.29 is 28.9 Å². The number of Topliss-reactive ketones (excluding diaryl/α,β-unsaturated/α-hetero) is 1. The minimum atomic E-state index is -1.000. The van der Waals surface area contributed by atoms with Crippen LogP contribution in [0.2, 0.25) is 0 Å². The summed E-state index contributed by atoms with van der Waals surface area (Å²) in [7, 11) is 4.48. The highest BCUT2D eigenvalue weighted by Crippen LogP contribution is 2.48. The van der Waals surface area contributed by atoms with Crippen LogP contribution in [0.4, 0.5) is 5.13 Å². The number of ketones is 1. The van der Waals surface area contributed by atoms with Gasteiger partial charge in [0.05, 0.1) is 43.2 Å². The van der Waals surface area contributed by atoms with Crippen LogP contribution in [0.25, 0.3) is 16.0 Å². The molecule has 0 spiro atoms. The maximum atomic E-state index is 13.7. The third kappa shape index (κ3) is 4.38. The molecular weight excluding hydrogens is 516 g/mol. The van der Waals surface area contributed by atoms with Crippen LogP contribution < -0.4 is 19.1 Å². The summed E-state index contributed by atoms with van der Waals surface area (Å²) in [6.07, 6.45) is 0. The van der Waals surface area contributed by atoms with Crippen LogP contribution in [-0.2, 0) is 9.59 Å². The van der Waals surface area contributed by atoms with Crippen molar-refractivity contribution in [2.24, 2.45) is 0 Å². The fourth-order valence-electron chi connectivity index (χ4n) is 4.86. The number of thiazole rings is 1. The Hall–Kier alpha value is -4.37. The Kier molecular flexibility index (Phi) is 6.78. The maximum Gasteiger partial charge on any atom is 0.301 e. The number of aryl methyl sites for hydroxylation is 3. The van der Waals surface area contributed by atoms with E-state index in [9.17, 15) is 14.7 Å². The molecule has 3 aromatic carbocycles. The molecule has 0 aliphatic carbocycles. The molecule has 1 fully saturated rings. The second kappa shape index (κ2) is 10.1. The van der Waals surface area contributed by atoms with Gasteiger partial charge in [0.15, 0.2) is 16.6 Å². The topological polar surface area (TPSA) is 98.2 Å². The molecule has 5 rings (SSSR count). The van der Waals surface area contributed by atoms with Gasteiger partial charge in [-0.25, -0.2) is 4.98 Å². The van der Waals surface area contributed by atoms with E-state index < -0.39 is 17.7 Å². The summed E-state index contributed by atoms with van der Waals surface area (Å²) in [6.45, 7) is 5.72. The zero-order valence-corrected chi connectivity index (χ0v) is 23.3. The summed E-state index contributed by atoms with van der Waals surface area (Å²) in [6, 6.07) is 13.7. The minimum Gasteiger partial charge on any atom is -0.507 e. The number of methoxy groups -OCH3 is 3. The first-order valence-corrected chi connectivity index (χ1v) is 13.1. The lowest BCUT2D eigenvalue weighted by molar-refractivity contribution is -0.132. The number of nitrogens with zero attached hydrogens (tertiary/aromatic N) is 2. The number of hydrogen-bond acceptors (Lipinski definition) is 8. The van der Waals surface area contributed by atoms with Crippen molar-refractivity contribution in [1.29, 1.82) is 0 Å². The Bertz CT molecular complexity index is 1650. The number of amides is 1. The minimum absolute atomic E-state index is 0.0431. The first kappa shape index (κ1) is 26.2. The van der Waals surface area contributed by atoms with E-state index in [1.807, 2.05) is 51.1 Å². The molecule has 0 radical (unpaired) electrons. The average molecular weight is 545 g/mol. The van der Waals surface area contributed by atoms with Crippen molar-refractivity contribution in [2.45, 2.75) is 26.8 Å². The van der Waals surface area contributed by atoms with Gasteiger partial charge in [0.1, 0.15) is 5.76 Å². The number of carbonyl (C=O) groups is 2. The molecular formula is C30H28N2O6S. The van der Waals surface area contributed by atoms with Crippen LogP contribution in [-0.4, -0.2) is 43.1 Å². The predicted octanol–water partition coefficient (Wildman–Crippen LogP) is 5.87. The lowest BCUT2D eigenvalue weighted by atomic mass is 9.93. The highest BCUT2D eigenvalue weighted by Gasteiger charge is 2.48. The molecule has 4 aromatic rings. The summed E-state index contributed by atoms with van der Waals surface area (Å²) >= 11 is 1.31. The number of ether oxygens (including phenoxy) is 3. The Morgan fingerprint density at radius 2 is 1.54 bits per heavy atom. The van der Waals surface area contributed by atoms with Crippen LogP contribution in [0.5, 0.6) is 17.2 Å². The van der Waals surface area contributed by atoms with Gasteiger partial charge in [-0.05, 0) is 67.8 Å². The van der Waals surface area contributed by atoms with Crippen LogP contribution in [0.15, 0.2) is 54.1 Å². The molecule has 1 N–H and O–H groups in total. The third-order valence-corrected chi connectivity index (χ3v) is 7.85. The smallest absolute Gasteiger partial charge is 0.301 e. The number of aliphatic hydroxyl groups excluding tert-OH is 1. The zero-order valence-electron chi connectivity index (χ0n) is 22.5. The van der Waals surface area contributed by atoms with E-state index in [1.165, 1.54) is 37.6 Å². The molecule has 0 bridgehead atoms. The highest BCUT2D eigenvalue weighted by molar-refractivity contribution is 7.22. The first-order chi connectivity index (χ1) is 18.7. The number of fused-ring (bicyclic) bond motifs is 1. The number of hydrogen-bond donors (Lipinski definition) is 1. The molecule has 1 aliphatic heterocycles.